The number of hydrogen-bond acceptors (Lipinski definition) is 3. The minimum Gasteiger partial charge on any atom is -0.477 e. The minimum atomic E-state index is -2.64. The second-order valence-corrected chi connectivity index (χ2v) is 1.98. The molecule has 3 nitrogen and oxygen atoms in total. The van der Waals surface area contributed by atoms with E-state index in [4.69, 9.17) is 4.74 Å². The molecule has 0 spiro atoms. The van der Waals surface area contributed by atoms with Crippen LogP contribution in [-0.2, 0) is 0 Å². The molecule has 14 heavy (non-hydrogen) atoms. The molecule has 0 radical (unpaired) electrons. The van der Waals surface area contributed by atoms with Gasteiger partial charge in [-0.3, -0.25) is 0 Å². The second-order valence-electron chi connectivity index (χ2n) is 1.98. The molecule has 1 aromatic rings. The van der Waals surface area contributed by atoms with Crippen molar-refractivity contribution in [1.82, 2.24) is 9.97 Å². The van der Waals surface area contributed by atoms with Gasteiger partial charge in [-0.05, 0) is 6.92 Å². The molecule has 0 bridgehead atoms. The minimum absolute atomic E-state index is 0.0880. The number of nitrogens with zero attached hydrogens (tertiary/aromatic N) is 2. The van der Waals surface area contributed by atoms with Crippen molar-refractivity contribution in [3.05, 3.63) is 18.1 Å². The molecule has 0 saturated carbocycles. The molecule has 0 saturated heterocycles. The SMILES string of the molecule is CC.CCOc1nccnc1C(F)F. The highest BCUT2D eigenvalue weighted by Gasteiger charge is 2.15. The maximum absolute atomic E-state index is 12.2. The summed E-state index contributed by atoms with van der Waals surface area (Å²) in [7, 11) is 0. The molecule has 0 N–H and O–H groups in total. The molecule has 1 rings (SSSR count). The van der Waals surface area contributed by atoms with Gasteiger partial charge in [0, 0.05) is 12.4 Å². The number of halogens is 2. The van der Waals surface area contributed by atoms with Gasteiger partial charge in [-0.1, -0.05) is 13.8 Å². The Balaban J connectivity index is 0.000000791. The van der Waals surface area contributed by atoms with Crippen molar-refractivity contribution in [2.45, 2.75) is 27.2 Å². The van der Waals surface area contributed by atoms with Gasteiger partial charge in [-0.2, -0.15) is 0 Å². The molecule has 1 heterocycles. The van der Waals surface area contributed by atoms with E-state index >= 15 is 0 Å². The third kappa shape index (κ3) is 3.64. The number of ether oxygens (including phenoxy) is 1. The molecule has 5 heteroatoms. The van der Waals surface area contributed by atoms with Crippen LogP contribution in [0.4, 0.5) is 8.78 Å². The predicted molar refractivity (Wildman–Crippen MR) is 49.5 cm³/mol. The van der Waals surface area contributed by atoms with E-state index in [9.17, 15) is 8.78 Å². The van der Waals surface area contributed by atoms with Gasteiger partial charge in [0.2, 0.25) is 5.88 Å². The molecule has 0 aromatic carbocycles. The number of rotatable bonds is 3. The predicted octanol–water partition coefficient (Wildman–Crippen LogP) is 2.84. The van der Waals surface area contributed by atoms with Gasteiger partial charge < -0.3 is 4.74 Å². The van der Waals surface area contributed by atoms with Crippen molar-refractivity contribution in [2.24, 2.45) is 0 Å². The first-order chi connectivity index (χ1) is 6.75. The van der Waals surface area contributed by atoms with Gasteiger partial charge >= 0.3 is 0 Å². The summed E-state index contributed by atoms with van der Waals surface area (Å²) < 4.78 is 29.2. The lowest BCUT2D eigenvalue weighted by Crippen LogP contribution is -2.01. The summed E-state index contributed by atoms with van der Waals surface area (Å²) in [6.07, 6.45) is -0.110. The van der Waals surface area contributed by atoms with Crippen LogP contribution in [0.5, 0.6) is 5.88 Å². The van der Waals surface area contributed by atoms with Crippen LogP contribution in [0.15, 0.2) is 12.4 Å². The molecule has 0 fully saturated rings. The largest absolute Gasteiger partial charge is 0.477 e. The third-order valence-corrected chi connectivity index (χ3v) is 1.18. The zero-order chi connectivity index (χ0) is 11.0. The van der Waals surface area contributed by atoms with E-state index in [1.54, 1.807) is 6.92 Å². The average Bonchev–Trinajstić information content (AvgIpc) is 2.22. The molecule has 0 amide bonds. The van der Waals surface area contributed by atoms with Crippen molar-refractivity contribution in [2.75, 3.05) is 6.61 Å². The van der Waals surface area contributed by atoms with Crippen LogP contribution in [0, 0.1) is 0 Å². The van der Waals surface area contributed by atoms with Crippen LogP contribution in [0.25, 0.3) is 0 Å². The van der Waals surface area contributed by atoms with Gasteiger partial charge in [0.05, 0.1) is 6.61 Å². The van der Waals surface area contributed by atoms with Crippen molar-refractivity contribution < 1.29 is 13.5 Å². The van der Waals surface area contributed by atoms with Crippen molar-refractivity contribution in [3.63, 3.8) is 0 Å². The van der Waals surface area contributed by atoms with Crippen LogP contribution in [0.1, 0.15) is 32.9 Å². The summed E-state index contributed by atoms with van der Waals surface area (Å²) in [5.41, 5.74) is -0.403. The molecule has 1 aromatic heterocycles. The third-order valence-electron chi connectivity index (χ3n) is 1.18. The van der Waals surface area contributed by atoms with Crippen LogP contribution < -0.4 is 4.74 Å². The smallest absolute Gasteiger partial charge is 0.285 e. The normalized spacial score (nSPS) is 9.29. The average molecular weight is 204 g/mol. The molecule has 80 valence electrons. The Bertz CT molecular complexity index is 256. The van der Waals surface area contributed by atoms with E-state index in [0.717, 1.165) is 0 Å². The molecule has 0 aliphatic rings. The Labute approximate surface area is 82.1 Å². The first-order valence-corrected chi connectivity index (χ1v) is 4.47. The molecule has 0 aliphatic heterocycles. The lowest BCUT2D eigenvalue weighted by atomic mass is 10.4. The Morgan fingerprint density at radius 3 is 2.36 bits per heavy atom. The Morgan fingerprint density at radius 1 is 1.29 bits per heavy atom. The zero-order valence-electron chi connectivity index (χ0n) is 8.50. The Hall–Kier alpha value is -1.26. The topological polar surface area (TPSA) is 35.0 Å². The quantitative estimate of drug-likeness (QED) is 0.759. The highest BCUT2D eigenvalue weighted by atomic mass is 19.3. The fourth-order valence-electron chi connectivity index (χ4n) is 0.734. The van der Waals surface area contributed by atoms with Crippen LogP contribution in [-0.4, -0.2) is 16.6 Å². The zero-order valence-corrected chi connectivity index (χ0v) is 8.50. The summed E-state index contributed by atoms with van der Waals surface area (Å²) in [5.74, 6) is -0.0880. The fourth-order valence-corrected chi connectivity index (χ4v) is 0.734. The maximum atomic E-state index is 12.2. The maximum Gasteiger partial charge on any atom is 0.285 e. The first-order valence-electron chi connectivity index (χ1n) is 4.47. The van der Waals surface area contributed by atoms with Gasteiger partial charge in [-0.15, -0.1) is 0 Å². The van der Waals surface area contributed by atoms with Crippen molar-refractivity contribution >= 4 is 0 Å². The van der Waals surface area contributed by atoms with Gasteiger partial charge in [0.1, 0.15) is 0 Å². The molecular weight excluding hydrogens is 190 g/mol. The van der Waals surface area contributed by atoms with E-state index in [0.29, 0.717) is 6.61 Å². The van der Waals surface area contributed by atoms with Crippen LogP contribution in [0.2, 0.25) is 0 Å². The van der Waals surface area contributed by atoms with E-state index in [2.05, 4.69) is 9.97 Å². The first kappa shape index (κ1) is 12.7. The van der Waals surface area contributed by atoms with Gasteiger partial charge in [0.25, 0.3) is 6.43 Å². The Morgan fingerprint density at radius 2 is 1.86 bits per heavy atom. The lowest BCUT2D eigenvalue weighted by Gasteiger charge is -2.05. The number of hydrogen-bond donors (Lipinski definition) is 0. The lowest BCUT2D eigenvalue weighted by molar-refractivity contribution is 0.138. The van der Waals surface area contributed by atoms with E-state index in [1.165, 1.54) is 12.4 Å². The van der Waals surface area contributed by atoms with E-state index in [1.807, 2.05) is 13.8 Å². The van der Waals surface area contributed by atoms with Crippen molar-refractivity contribution in [3.8, 4) is 5.88 Å². The number of aromatic nitrogens is 2. The summed E-state index contributed by atoms with van der Waals surface area (Å²) in [5, 5.41) is 0. The van der Waals surface area contributed by atoms with Crippen molar-refractivity contribution in [1.29, 1.82) is 0 Å². The summed E-state index contributed by atoms with van der Waals surface area (Å²) in [6.45, 7) is 6.00. The summed E-state index contributed by atoms with van der Waals surface area (Å²) >= 11 is 0. The molecule has 0 atom stereocenters. The standard InChI is InChI=1S/C7H8F2N2O.C2H6/c1-2-12-7-5(6(8)9)10-3-4-11-7;1-2/h3-4,6H,2H2,1H3;1-2H3. The highest BCUT2D eigenvalue weighted by Crippen LogP contribution is 2.23. The molecule has 0 aliphatic carbocycles. The highest BCUT2D eigenvalue weighted by molar-refractivity contribution is 5.18. The van der Waals surface area contributed by atoms with Crippen LogP contribution in [0.3, 0.4) is 0 Å². The monoisotopic (exact) mass is 204 g/mol. The Kier molecular flexibility index (Phi) is 6.53. The van der Waals surface area contributed by atoms with Crippen LogP contribution >= 0.6 is 0 Å². The summed E-state index contributed by atoms with van der Waals surface area (Å²) in [4.78, 5) is 7.08. The second kappa shape index (κ2) is 7.17. The van der Waals surface area contributed by atoms with Gasteiger partial charge in [0.15, 0.2) is 5.69 Å². The van der Waals surface area contributed by atoms with Gasteiger partial charge in [-0.25, -0.2) is 18.7 Å². The van der Waals surface area contributed by atoms with E-state index in [-0.39, 0.29) is 5.88 Å². The molecular formula is C9H14F2N2O. The molecule has 0 unspecified atom stereocenters. The van der Waals surface area contributed by atoms with E-state index < -0.39 is 12.1 Å². The fraction of sp³-hybridized carbons (Fsp3) is 0.556. The summed E-state index contributed by atoms with van der Waals surface area (Å²) in [6, 6.07) is 0. The number of alkyl halides is 2.